The highest BCUT2D eigenvalue weighted by molar-refractivity contribution is 5.99. The number of amides is 1. The fourth-order valence-electron chi connectivity index (χ4n) is 4.65. The molecule has 162 valence electrons. The van der Waals surface area contributed by atoms with Gasteiger partial charge in [0, 0.05) is 31.0 Å². The Morgan fingerprint density at radius 2 is 2.10 bits per heavy atom. The summed E-state index contributed by atoms with van der Waals surface area (Å²) in [4.78, 5) is 12.0. The minimum absolute atomic E-state index is 0.0951. The Kier molecular flexibility index (Phi) is 5.57. The lowest BCUT2D eigenvalue weighted by atomic mass is 9.76. The van der Waals surface area contributed by atoms with E-state index in [1.54, 1.807) is 0 Å². The van der Waals surface area contributed by atoms with Crippen LogP contribution < -0.4 is 11.1 Å². The van der Waals surface area contributed by atoms with Crippen LogP contribution in [0.1, 0.15) is 67.3 Å². The molecule has 0 spiro atoms. The second-order valence-electron chi connectivity index (χ2n) is 9.22. The maximum absolute atomic E-state index is 15.1. The number of hydrogen-bond donors (Lipinski definition) is 2. The van der Waals surface area contributed by atoms with Crippen LogP contribution in [0, 0.1) is 11.2 Å². The van der Waals surface area contributed by atoms with Crippen LogP contribution in [0.25, 0.3) is 5.69 Å². The number of ether oxygens (including phenoxy) is 1. The van der Waals surface area contributed by atoms with Crippen LogP contribution in [0.4, 0.5) is 10.1 Å². The zero-order chi connectivity index (χ0) is 21.5. The Morgan fingerprint density at radius 3 is 2.77 bits per heavy atom. The van der Waals surface area contributed by atoms with E-state index in [-0.39, 0.29) is 17.0 Å². The van der Waals surface area contributed by atoms with Crippen LogP contribution in [0.2, 0.25) is 0 Å². The summed E-state index contributed by atoms with van der Waals surface area (Å²) in [6, 6.07) is 3.31. The van der Waals surface area contributed by atoms with Crippen LogP contribution in [0.3, 0.4) is 0 Å². The zero-order valence-electron chi connectivity index (χ0n) is 18.1. The summed E-state index contributed by atoms with van der Waals surface area (Å²) in [5, 5.41) is 8.17. The molecular weight excluding hydrogens is 383 g/mol. The average Bonchev–Trinajstić information content (AvgIpc) is 3.04. The number of aryl methyl sites for hydroxylation is 1. The molecular formula is C23H31FN4O2. The Morgan fingerprint density at radius 1 is 1.37 bits per heavy atom. The Balaban J connectivity index is 1.80. The summed E-state index contributed by atoms with van der Waals surface area (Å²) in [6.07, 6.45) is 5.43. The van der Waals surface area contributed by atoms with Crippen LogP contribution in [0.15, 0.2) is 12.1 Å². The molecule has 1 saturated heterocycles. The molecule has 6 nitrogen and oxygen atoms in total. The second kappa shape index (κ2) is 8.02. The molecule has 1 aliphatic heterocycles. The number of carbonyl (C=O) groups excluding carboxylic acids is 1. The fraction of sp³-hybridized carbons (Fsp3) is 0.565. The first kappa shape index (κ1) is 20.8. The summed E-state index contributed by atoms with van der Waals surface area (Å²) < 4.78 is 22.3. The lowest BCUT2D eigenvalue weighted by molar-refractivity contribution is 0.0904. The van der Waals surface area contributed by atoms with Crippen LogP contribution >= 0.6 is 0 Å². The SMILES string of the molecule is CCc1nn(-c2cc(F)c(C(N)=O)c(NC3CCOCC3)c2)c2c1CCC(C)(C)C2. The quantitative estimate of drug-likeness (QED) is 0.780. The van der Waals surface area contributed by atoms with Gasteiger partial charge >= 0.3 is 0 Å². The fourth-order valence-corrected chi connectivity index (χ4v) is 4.65. The predicted molar refractivity (Wildman–Crippen MR) is 115 cm³/mol. The molecule has 0 atom stereocenters. The number of carbonyl (C=O) groups is 1. The number of rotatable bonds is 5. The second-order valence-corrected chi connectivity index (χ2v) is 9.22. The molecule has 4 rings (SSSR count). The molecule has 0 saturated carbocycles. The van der Waals surface area contributed by atoms with E-state index in [4.69, 9.17) is 15.6 Å². The largest absolute Gasteiger partial charge is 0.381 e. The molecule has 1 aliphatic carbocycles. The molecule has 0 unspecified atom stereocenters. The van der Waals surface area contributed by atoms with Crippen molar-refractivity contribution in [3.8, 4) is 5.69 Å². The van der Waals surface area contributed by atoms with Gasteiger partial charge in [0.2, 0.25) is 0 Å². The van der Waals surface area contributed by atoms with Gasteiger partial charge in [-0.05, 0) is 55.6 Å². The van der Waals surface area contributed by atoms with Gasteiger partial charge in [-0.1, -0.05) is 20.8 Å². The molecule has 1 aromatic heterocycles. The van der Waals surface area contributed by atoms with Gasteiger partial charge in [0.25, 0.3) is 5.91 Å². The number of primary amides is 1. The molecule has 2 heterocycles. The van der Waals surface area contributed by atoms with Crippen molar-refractivity contribution >= 4 is 11.6 Å². The van der Waals surface area contributed by atoms with Crippen molar-refractivity contribution in [2.45, 2.75) is 65.3 Å². The van der Waals surface area contributed by atoms with E-state index < -0.39 is 11.7 Å². The molecule has 0 radical (unpaired) electrons. The smallest absolute Gasteiger partial charge is 0.253 e. The van der Waals surface area contributed by atoms with Crippen molar-refractivity contribution in [2.75, 3.05) is 18.5 Å². The minimum Gasteiger partial charge on any atom is -0.381 e. The molecule has 0 bridgehead atoms. The number of halogens is 1. The zero-order valence-corrected chi connectivity index (χ0v) is 18.1. The highest BCUT2D eigenvalue weighted by atomic mass is 19.1. The molecule has 3 N–H and O–H groups in total. The van der Waals surface area contributed by atoms with Crippen LogP contribution in [-0.4, -0.2) is 34.9 Å². The van der Waals surface area contributed by atoms with Gasteiger partial charge < -0.3 is 15.8 Å². The number of fused-ring (bicyclic) bond motifs is 1. The first-order chi connectivity index (χ1) is 14.3. The number of nitrogens with two attached hydrogens (primary N) is 1. The molecule has 7 heteroatoms. The van der Waals surface area contributed by atoms with Crippen molar-refractivity contribution in [1.29, 1.82) is 0 Å². The molecule has 1 aromatic carbocycles. The van der Waals surface area contributed by atoms with Crippen molar-refractivity contribution in [1.82, 2.24) is 9.78 Å². The van der Waals surface area contributed by atoms with Crippen molar-refractivity contribution in [2.24, 2.45) is 11.1 Å². The summed E-state index contributed by atoms with van der Waals surface area (Å²) in [7, 11) is 0. The maximum Gasteiger partial charge on any atom is 0.253 e. The van der Waals surface area contributed by atoms with E-state index in [9.17, 15) is 4.79 Å². The van der Waals surface area contributed by atoms with E-state index in [2.05, 4.69) is 26.1 Å². The minimum atomic E-state index is -0.772. The first-order valence-corrected chi connectivity index (χ1v) is 10.9. The topological polar surface area (TPSA) is 82.2 Å². The maximum atomic E-state index is 15.1. The normalized spacial score (nSPS) is 18.8. The van der Waals surface area contributed by atoms with E-state index in [0.717, 1.165) is 49.9 Å². The molecule has 1 fully saturated rings. The summed E-state index contributed by atoms with van der Waals surface area (Å²) in [5.74, 6) is -1.39. The molecule has 1 amide bonds. The van der Waals surface area contributed by atoms with Gasteiger partial charge in [0.15, 0.2) is 0 Å². The highest BCUT2D eigenvalue weighted by Gasteiger charge is 2.31. The van der Waals surface area contributed by atoms with Gasteiger partial charge in [-0.15, -0.1) is 0 Å². The third-order valence-corrected chi connectivity index (χ3v) is 6.35. The van der Waals surface area contributed by atoms with Crippen LogP contribution in [-0.2, 0) is 24.0 Å². The number of nitrogens with one attached hydrogen (secondary N) is 1. The summed E-state index contributed by atoms with van der Waals surface area (Å²) >= 11 is 0. The lowest BCUT2D eigenvalue weighted by Gasteiger charge is -2.30. The average molecular weight is 415 g/mol. The van der Waals surface area contributed by atoms with Crippen molar-refractivity contribution < 1.29 is 13.9 Å². The Labute approximate surface area is 177 Å². The van der Waals surface area contributed by atoms with Crippen LogP contribution in [0.5, 0.6) is 0 Å². The number of hydrogen-bond acceptors (Lipinski definition) is 4. The van der Waals surface area contributed by atoms with Gasteiger partial charge in [-0.2, -0.15) is 5.10 Å². The third-order valence-electron chi connectivity index (χ3n) is 6.35. The van der Waals surface area contributed by atoms with Crippen molar-refractivity contribution in [3.63, 3.8) is 0 Å². The number of benzene rings is 1. The Bertz CT molecular complexity index is 961. The Hall–Kier alpha value is -2.41. The van der Waals surface area contributed by atoms with Gasteiger partial charge in [-0.25, -0.2) is 9.07 Å². The standard InChI is InChI=1S/C23H31FN4O2/c1-4-18-16-5-8-23(2,3)13-20(16)28(27-18)15-11-17(24)21(22(25)29)19(12-15)26-14-6-9-30-10-7-14/h11-12,14,26H,4-10,13H2,1-3H3,(H2,25,29). The first-order valence-electron chi connectivity index (χ1n) is 10.9. The van der Waals surface area contributed by atoms with E-state index in [1.165, 1.54) is 11.6 Å². The third kappa shape index (κ3) is 3.95. The number of nitrogens with zero attached hydrogens (tertiary/aromatic N) is 2. The predicted octanol–water partition coefficient (Wildman–Crippen LogP) is 3.78. The molecule has 30 heavy (non-hydrogen) atoms. The number of aromatic nitrogens is 2. The highest BCUT2D eigenvalue weighted by Crippen LogP contribution is 2.38. The lowest BCUT2D eigenvalue weighted by Crippen LogP contribution is -2.29. The van der Waals surface area contributed by atoms with Gasteiger partial charge in [0.1, 0.15) is 5.82 Å². The molecule has 2 aliphatic rings. The van der Waals surface area contributed by atoms with E-state index >= 15 is 4.39 Å². The van der Waals surface area contributed by atoms with Gasteiger partial charge in [0.05, 0.1) is 22.6 Å². The number of anilines is 1. The van der Waals surface area contributed by atoms with E-state index in [0.29, 0.717) is 24.6 Å². The van der Waals surface area contributed by atoms with Gasteiger partial charge in [-0.3, -0.25) is 4.79 Å². The van der Waals surface area contributed by atoms with Crippen molar-refractivity contribution in [3.05, 3.63) is 40.5 Å². The molecule has 2 aromatic rings. The van der Waals surface area contributed by atoms with E-state index in [1.807, 2.05) is 10.7 Å². The monoisotopic (exact) mass is 414 g/mol. The summed E-state index contributed by atoms with van der Waals surface area (Å²) in [5.41, 5.74) is 10.1. The summed E-state index contributed by atoms with van der Waals surface area (Å²) in [6.45, 7) is 7.91.